The van der Waals surface area contributed by atoms with Crippen LogP contribution in [0.5, 0.6) is 0 Å². The Bertz CT molecular complexity index is 751. The van der Waals surface area contributed by atoms with Crippen LogP contribution in [0.1, 0.15) is 56.6 Å². The van der Waals surface area contributed by atoms with Gasteiger partial charge in [-0.3, -0.25) is 4.79 Å². The van der Waals surface area contributed by atoms with Gasteiger partial charge in [0.2, 0.25) is 12.3 Å². The lowest BCUT2D eigenvalue weighted by molar-refractivity contribution is -0.133. The normalized spacial score (nSPS) is 20.5. The van der Waals surface area contributed by atoms with Gasteiger partial charge in [0.1, 0.15) is 6.04 Å². The number of anilines is 1. The zero-order valence-corrected chi connectivity index (χ0v) is 16.7. The number of hydrogen-bond donors (Lipinski definition) is 1. The van der Waals surface area contributed by atoms with E-state index in [1.807, 2.05) is 11.8 Å². The van der Waals surface area contributed by atoms with Crippen molar-refractivity contribution in [1.29, 1.82) is 0 Å². The van der Waals surface area contributed by atoms with Gasteiger partial charge < -0.3 is 14.6 Å². The molecule has 2 heterocycles. The molecule has 1 aromatic carbocycles. The summed E-state index contributed by atoms with van der Waals surface area (Å²) in [4.78, 5) is 14.2. The molecular formula is C22H30N4O2. The predicted octanol–water partition coefficient (Wildman–Crippen LogP) is 3.84. The van der Waals surface area contributed by atoms with E-state index in [2.05, 4.69) is 39.8 Å². The van der Waals surface area contributed by atoms with Gasteiger partial charge in [0.15, 0.2) is 0 Å². The van der Waals surface area contributed by atoms with Gasteiger partial charge in [0.05, 0.1) is 0 Å². The van der Waals surface area contributed by atoms with Crippen LogP contribution in [0.15, 0.2) is 35.1 Å². The minimum Gasteiger partial charge on any atom is -0.411 e. The molecule has 2 aliphatic carbocycles. The van der Waals surface area contributed by atoms with Gasteiger partial charge in [0.25, 0.3) is 0 Å². The van der Waals surface area contributed by atoms with E-state index in [0.717, 1.165) is 25.9 Å². The molecule has 1 aromatic heterocycles. The molecule has 1 N–H and O–H groups in total. The van der Waals surface area contributed by atoms with Crippen molar-refractivity contribution in [2.24, 2.45) is 5.41 Å². The molecule has 1 spiro atoms. The first-order valence-corrected chi connectivity index (χ1v) is 10.5. The van der Waals surface area contributed by atoms with Crippen molar-refractivity contribution in [3.63, 3.8) is 0 Å². The van der Waals surface area contributed by atoms with E-state index >= 15 is 0 Å². The van der Waals surface area contributed by atoms with Crippen molar-refractivity contribution in [3.8, 4) is 0 Å². The Morgan fingerprint density at radius 3 is 2.29 bits per heavy atom. The van der Waals surface area contributed by atoms with Gasteiger partial charge in [-0.05, 0) is 74.8 Å². The van der Waals surface area contributed by atoms with Gasteiger partial charge >= 0.3 is 6.01 Å². The van der Waals surface area contributed by atoms with Gasteiger partial charge in [0, 0.05) is 13.1 Å². The Labute approximate surface area is 166 Å². The van der Waals surface area contributed by atoms with Crippen LogP contribution in [-0.4, -0.2) is 40.1 Å². The topological polar surface area (TPSA) is 71.3 Å². The highest BCUT2D eigenvalue weighted by molar-refractivity contribution is 5.83. The first-order valence-electron chi connectivity index (χ1n) is 10.5. The zero-order chi connectivity index (χ0) is 19.4. The molecule has 3 aliphatic rings. The molecule has 5 rings (SSSR count). The smallest absolute Gasteiger partial charge is 0.315 e. The van der Waals surface area contributed by atoms with Crippen LogP contribution in [0.3, 0.4) is 0 Å². The molecule has 6 heteroatoms. The van der Waals surface area contributed by atoms with Crippen molar-refractivity contribution in [2.75, 3.05) is 18.4 Å². The highest BCUT2D eigenvalue weighted by Crippen LogP contribution is 2.53. The number of carbonyl (C=O) groups is 1. The predicted molar refractivity (Wildman–Crippen MR) is 108 cm³/mol. The van der Waals surface area contributed by atoms with Crippen LogP contribution in [0.25, 0.3) is 0 Å². The van der Waals surface area contributed by atoms with Gasteiger partial charge in [-0.15, -0.1) is 5.10 Å². The fourth-order valence-electron chi connectivity index (χ4n) is 4.31. The van der Waals surface area contributed by atoms with Crippen LogP contribution in [0.2, 0.25) is 0 Å². The highest BCUT2D eigenvalue weighted by Gasteiger charge is 2.45. The fourth-order valence-corrected chi connectivity index (χ4v) is 4.31. The average molecular weight is 383 g/mol. The summed E-state index contributed by atoms with van der Waals surface area (Å²) in [7, 11) is 0. The molecular weight excluding hydrogens is 352 g/mol. The average Bonchev–Trinajstić information content (AvgIpc) is 3.29. The molecule has 2 aromatic rings. The van der Waals surface area contributed by atoms with E-state index in [1.54, 1.807) is 11.1 Å². The second-order valence-electron chi connectivity index (χ2n) is 8.41. The van der Waals surface area contributed by atoms with Crippen LogP contribution in [0.4, 0.5) is 6.01 Å². The Balaban J connectivity index is 0.000000162. The molecule has 28 heavy (non-hydrogen) atoms. The first kappa shape index (κ1) is 19.0. The summed E-state index contributed by atoms with van der Waals surface area (Å²) in [6, 6.07) is 8.78. The van der Waals surface area contributed by atoms with Crippen LogP contribution >= 0.6 is 0 Å². The maximum Gasteiger partial charge on any atom is 0.315 e. The van der Waals surface area contributed by atoms with Crippen molar-refractivity contribution in [1.82, 2.24) is 15.1 Å². The summed E-state index contributed by atoms with van der Waals surface area (Å²) in [5, 5.41) is 10.2. The van der Waals surface area contributed by atoms with Crippen LogP contribution in [-0.2, 0) is 17.6 Å². The van der Waals surface area contributed by atoms with Gasteiger partial charge in [-0.2, -0.15) is 0 Å². The number of benzene rings is 1. The SMILES string of the molecule is CC(Nc1nnco1)C(=O)N1CCC2(CC1)CC2.c1ccc2c(c1)CCCC2. The van der Waals surface area contributed by atoms with Crippen molar-refractivity contribution in [2.45, 2.75) is 64.3 Å². The number of nitrogens with one attached hydrogen (secondary N) is 1. The number of fused-ring (bicyclic) bond motifs is 1. The molecule has 150 valence electrons. The summed E-state index contributed by atoms with van der Waals surface area (Å²) >= 11 is 0. The second kappa shape index (κ2) is 8.33. The van der Waals surface area contributed by atoms with Crippen molar-refractivity contribution >= 4 is 11.9 Å². The molecule has 0 radical (unpaired) electrons. The number of piperidine rings is 1. The third kappa shape index (κ3) is 4.54. The number of hydrogen-bond acceptors (Lipinski definition) is 5. The Morgan fingerprint density at radius 1 is 1.11 bits per heavy atom. The second-order valence-corrected chi connectivity index (χ2v) is 8.41. The van der Waals surface area contributed by atoms with Gasteiger partial charge in [-0.25, -0.2) is 0 Å². The number of aryl methyl sites for hydroxylation is 2. The van der Waals surface area contributed by atoms with E-state index in [0.29, 0.717) is 11.4 Å². The van der Waals surface area contributed by atoms with E-state index in [9.17, 15) is 4.79 Å². The summed E-state index contributed by atoms with van der Waals surface area (Å²) in [5.74, 6) is 0.115. The summed E-state index contributed by atoms with van der Waals surface area (Å²) in [6.07, 6.45) is 11.6. The fraction of sp³-hybridized carbons (Fsp3) is 0.591. The standard InChI is InChI=1S/C12H18N4O2.C10H12/c1-9(14-11-15-13-8-18-11)10(17)16-6-4-12(2-3-12)5-7-16;1-2-6-10-8-4-3-7-9(10)5-1/h8-9H,2-7H2,1H3,(H,14,15);1-2,5-6H,3-4,7-8H2. The number of likely N-dealkylation sites (tertiary alicyclic amines) is 1. The molecule has 1 atom stereocenters. The molecule has 1 saturated heterocycles. The highest BCUT2D eigenvalue weighted by atomic mass is 16.4. The zero-order valence-electron chi connectivity index (χ0n) is 16.7. The van der Waals surface area contributed by atoms with Crippen LogP contribution in [0, 0.1) is 5.41 Å². The van der Waals surface area contributed by atoms with E-state index in [1.165, 1.54) is 44.9 Å². The molecule has 1 aliphatic heterocycles. The summed E-state index contributed by atoms with van der Waals surface area (Å²) < 4.78 is 4.98. The van der Waals surface area contributed by atoms with E-state index < -0.39 is 0 Å². The minimum absolute atomic E-state index is 0.115. The summed E-state index contributed by atoms with van der Waals surface area (Å²) in [6.45, 7) is 3.59. The minimum atomic E-state index is -0.321. The Hall–Kier alpha value is -2.37. The van der Waals surface area contributed by atoms with E-state index in [-0.39, 0.29) is 11.9 Å². The molecule has 1 saturated carbocycles. The lowest BCUT2D eigenvalue weighted by atomic mass is 9.92. The summed E-state index contributed by atoms with van der Waals surface area (Å²) in [5.41, 5.74) is 3.75. The van der Waals surface area contributed by atoms with Gasteiger partial charge in [-0.1, -0.05) is 29.4 Å². The monoisotopic (exact) mass is 382 g/mol. The Kier molecular flexibility index (Phi) is 5.64. The number of rotatable bonds is 3. The lowest BCUT2D eigenvalue weighted by Crippen LogP contribution is -2.45. The molecule has 6 nitrogen and oxygen atoms in total. The number of carbonyl (C=O) groups excluding carboxylic acids is 1. The lowest BCUT2D eigenvalue weighted by Gasteiger charge is -2.33. The number of nitrogens with zero attached hydrogens (tertiary/aromatic N) is 3. The van der Waals surface area contributed by atoms with Crippen LogP contribution < -0.4 is 5.32 Å². The molecule has 1 amide bonds. The maximum atomic E-state index is 12.2. The molecule has 1 unspecified atom stereocenters. The van der Waals surface area contributed by atoms with E-state index in [4.69, 9.17) is 4.42 Å². The quantitative estimate of drug-likeness (QED) is 0.873. The first-order chi connectivity index (χ1) is 13.7. The number of aromatic nitrogens is 2. The largest absolute Gasteiger partial charge is 0.411 e. The van der Waals surface area contributed by atoms with Crippen molar-refractivity contribution < 1.29 is 9.21 Å². The third-order valence-corrected chi connectivity index (χ3v) is 6.42. The molecule has 0 bridgehead atoms. The number of amides is 1. The van der Waals surface area contributed by atoms with Crippen molar-refractivity contribution in [3.05, 3.63) is 41.8 Å². The Morgan fingerprint density at radius 2 is 1.75 bits per heavy atom. The maximum absolute atomic E-state index is 12.2. The molecule has 2 fully saturated rings. The third-order valence-electron chi connectivity index (χ3n) is 6.42.